The average molecular weight is 294 g/mol. The van der Waals surface area contributed by atoms with Crippen LogP contribution in [0.2, 0.25) is 0 Å². The highest BCUT2D eigenvalue weighted by Gasteiger charge is 2.64. The lowest BCUT2D eigenvalue weighted by Crippen LogP contribution is -2.59. The molecule has 3 nitrogen and oxygen atoms in total. The molecule has 0 aromatic rings. The van der Waals surface area contributed by atoms with E-state index in [1.54, 1.807) is 0 Å². The van der Waals surface area contributed by atoms with Crippen molar-refractivity contribution in [3.8, 4) is 0 Å². The van der Waals surface area contributed by atoms with E-state index in [2.05, 4.69) is 20.8 Å². The van der Waals surface area contributed by atoms with Crippen LogP contribution in [0.5, 0.6) is 0 Å². The smallest absolute Gasteiger partial charge is 0.171 e. The summed E-state index contributed by atoms with van der Waals surface area (Å²) in [6.45, 7) is 8.70. The molecule has 0 aromatic heterocycles. The van der Waals surface area contributed by atoms with Gasteiger partial charge in [0, 0.05) is 12.3 Å². The Morgan fingerprint density at radius 2 is 1.62 bits per heavy atom. The molecule has 0 aromatic carbocycles. The normalized spacial score (nSPS) is 55.4. The zero-order valence-electron chi connectivity index (χ0n) is 13.7. The van der Waals surface area contributed by atoms with E-state index in [-0.39, 0.29) is 17.3 Å². The maximum absolute atomic E-state index is 10.5. The maximum atomic E-state index is 10.5. The van der Waals surface area contributed by atoms with Crippen LogP contribution in [0.1, 0.15) is 59.3 Å². The topological polar surface area (TPSA) is 38.7 Å². The molecule has 3 heteroatoms. The lowest BCUT2D eigenvalue weighted by molar-refractivity contribution is -0.262. The molecule has 0 radical (unpaired) electrons. The highest BCUT2D eigenvalue weighted by Crippen LogP contribution is 2.67. The van der Waals surface area contributed by atoms with Crippen LogP contribution in [0, 0.1) is 28.6 Å². The van der Waals surface area contributed by atoms with E-state index in [9.17, 15) is 5.11 Å². The molecule has 3 saturated carbocycles. The van der Waals surface area contributed by atoms with Crippen molar-refractivity contribution in [3.63, 3.8) is 0 Å². The minimum atomic E-state index is -0.296. The Labute approximate surface area is 128 Å². The van der Waals surface area contributed by atoms with Crippen LogP contribution in [-0.2, 0) is 9.47 Å². The van der Waals surface area contributed by atoms with Crippen molar-refractivity contribution < 1.29 is 14.6 Å². The Hall–Kier alpha value is -0.120. The minimum Gasteiger partial charge on any atom is -0.393 e. The Balaban J connectivity index is 1.67. The van der Waals surface area contributed by atoms with Gasteiger partial charge in [0.2, 0.25) is 0 Å². The van der Waals surface area contributed by atoms with E-state index in [1.165, 1.54) is 25.7 Å². The first-order chi connectivity index (χ1) is 9.92. The summed E-state index contributed by atoms with van der Waals surface area (Å²) in [4.78, 5) is 0. The second-order valence-electron chi connectivity index (χ2n) is 8.60. The van der Waals surface area contributed by atoms with Gasteiger partial charge in [0.05, 0.1) is 19.3 Å². The fourth-order valence-electron chi connectivity index (χ4n) is 6.73. The maximum Gasteiger partial charge on any atom is 0.171 e. The summed E-state index contributed by atoms with van der Waals surface area (Å²) in [6, 6.07) is 0. The van der Waals surface area contributed by atoms with Gasteiger partial charge < -0.3 is 14.6 Å². The predicted octanol–water partition coefficient (Wildman–Crippen LogP) is 3.35. The Morgan fingerprint density at radius 3 is 2.33 bits per heavy atom. The van der Waals surface area contributed by atoms with Crippen LogP contribution in [0.15, 0.2) is 0 Å². The van der Waals surface area contributed by atoms with Crippen LogP contribution in [0.3, 0.4) is 0 Å². The van der Waals surface area contributed by atoms with Crippen LogP contribution in [0.4, 0.5) is 0 Å². The molecule has 6 atom stereocenters. The molecule has 0 bridgehead atoms. The van der Waals surface area contributed by atoms with E-state index in [1.807, 2.05) is 0 Å². The zero-order valence-corrected chi connectivity index (χ0v) is 13.7. The first-order valence-electron chi connectivity index (χ1n) is 8.88. The molecule has 120 valence electrons. The SMILES string of the molecule is C[C@H]1[C@@H]2CC[C@@]3(C)C(CC[C@@H]3O)[C@]2(C)CCC12OCCO2. The third-order valence-corrected chi connectivity index (χ3v) is 8.01. The van der Waals surface area contributed by atoms with Crippen molar-refractivity contribution in [1.29, 1.82) is 0 Å². The molecule has 1 spiro atoms. The fourth-order valence-corrected chi connectivity index (χ4v) is 6.73. The predicted molar refractivity (Wildman–Crippen MR) is 80.7 cm³/mol. The van der Waals surface area contributed by atoms with Crippen LogP contribution < -0.4 is 0 Å². The molecule has 1 saturated heterocycles. The zero-order chi connectivity index (χ0) is 14.9. The van der Waals surface area contributed by atoms with Gasteiger partial charge in [-0.2, -0.15) is 0 Å². The van der Waals surface area contributed by atoms with Crippen molar-refractivity contribution >= 4 is 0 Å². The van der Waals surface area contributed by atoms with Gasteiger partial charge in [-0.15, -0.1) is 0 Å². The van der Waals surface area contributed by atoms with E-state index in [0.29, 0.717) is 23.2 Å². The van der Waals surface area contributed by atoms with Gasteiger partial charge in [-0.3, -0.25) is 0 Å². The van der Waals surface area contributed by atoms with E-state index in [4.69, 9.17) is 9.47 Å². The standard InChI is InChI=1S/C18H30O3/c1-12-13-6-7-17(3)14(4-5-15(17)19)16(13,2)8-9-18(12)20-10-11-21-18/h12-15,19H,4-11H2,1-3H3/t12-,13-,14?,15-,16+,17-/m0/s1. The van der Waals surface area contributed by atoms with Gasteiger partial charge in [-0.25, -0.2) is 0 Å². The third kappa shape index (κ3) is 1.71. The van der Waals surface area contributed by atoms with Gasteiger partial charge in [0.15, 0.2) is 5.79 Å². The molecule has 21 heavy (non-hydrogen) atoms. The number of aliphatic hydroxyl groups is 1. The van der Waals surface area contributed by atoms with Gasteiger partial charge in [-0.05, 0) is 54.8 Å². The summed E-state index contributed by atoms with van der Waals surface area (Å²) in [5.74, 6) is 1.52. The molecular weight excluding hydrogens is 264 g/mol. The number of hydrogen-bond donors (Lipinski definition) is 1. The molecule has 1 heterocycles. The largest absolute Gasteiger partial charge is 0.393 e. The number of rotatable bonds is 0. The summed E-state index contributed by atoms with van der Waals surface area (Å²) in [5.41, 5.74) is 0.497. The lowest BCUT2D eigenvalue weighted by atomic mass is 9.46. The summed E-state index contributed by atoms with van der Waals surface area (Å²) >= 11 is 0. The molecule has 4 fully saturated rings. The van der Waals surface area contributed by atoms with Crippen molar-refractivity contribution in [1.82, 2.24) is 0 Å². The van der Waals surface area contributed by atoms with E-state index in [0.717, 1.165) is 26.1 Å². The van der Waals surface area contributed by atoms with E-state index >= 15 is 0 Å². The second kappa shape index (κ2) is 4.46. The van der Waals surface area contributed by atoms with Crippen LogP contribution in [-0.4, -0.2) is 30.2 Å². The molecule has 3 aliphatic carbocycles. The monoisotopic (exact) mass is 294 g/mol. The molecule has 1 unspecified atom stereocenters. The fraction of sp³-hybridized carbons (Fsp3) is 1.00. The van der Waals surface area contributed by atoms with Gasteiger partial charge in [-0.1, -0.05) is 20.8 Å². The quantitative estimate of drug-likeness (QED) is 0.744. The molecular formula is C18H30O3. The first-order valence-corrected chi connectivity index (χ1v) is 8.88. The van der Waals surface area contributed by atoms with Crippen molar-refractivity contribution in [2.24, 2.45) is 28.6 Å². The highest BCUT2D eigenvalue weighted by molar-refractivity contribution is 5.11. The van der Waals surface area contributed by atoms with Crippen LogP contribution in [0.25, 0.3) is 0 Å². The van der Waals surface area contributed by atoms with Gasteiger partial charge in [0.25, 0.3) is 0 Å². The Kier molecular flexibility index (Phi) is 3.07. The Bertz CT molecular complexity index is 430. The number of ether oxygens (including phenoxy) is 2. The van der Waals surface area contributed by atoms with Gasteiger partial charge >= 0.3 is 0 Å². The number of aliphatic hydroxyl groups excluding tert-OH is 1. The molecule has 4 rings (SSSR count). The molecule has 0 amide bonds. The van der Waals surface area contributed by atoms with Crippen LogP contribution >= 0.6 is 0 Å². The lowest BCUT2D eigenvalue weighted by Gasteiger charge is -2.61. The van der Waals surface area contributed by atoms with Crippen molar-refractivity contribution in [2.45, 2.75) is 71.2 Å². The second-order valence-corrected chi connectivity index (χ2v) is 8.60. The third-order valence-electron chi connectivity index (χ3n) is 8.01. The summed E-state index contributed by atoms with van der Waals surface area (Å²) < 4.78 is 12.1. The van der Waals surface area contributed by atoms with Crippen molar-refractivity contribution in [2.75, 3.05) is 13.2 Å². The number of hydrogen-bond acceptors (Lipinski definition) is 3. The highest BCUT2D eigenvalue weighted by atomic mass is 16.7. The number of fused-ring (bicyclic) bond motifs is 3. The summed E-state index contributed by atoms with van der Waals surface area (Å²) in [5, 5.41) is 10.5. The molecule has 1 aliphatic heterocycles. The van der Waals surface area contributed by atoms with E-state index < -0.39 is 0 Å². The van der Waals surface area contributed by atoms with Gasteiger partial charge in [0.1, 0.15) is 0 Å². The molecule has 1 N–H and O–H groups in total. The Morgan fingerprint density at radius 1 is 0.905 bits per heavy atom. The first kappa shape index (κ1) is 14.5. The minimum absolute atomic E-state index is 0.0922. The summed E-state index contributed by atoms with van der Waals surface area (Å²) in [6.07, 6.45) is 6.71. The summed E-state index contributed by atoms with van der Waals surface area (Å²) in [7, 11) is 0. The average Bonchev–Trinajstić information content (AvgIpc) is 3.03. The molecule has 4 aliphatic rings. The van der Waals surface area contributed by atoms with Crippen molar-refractivity contribution in [3.05, 3.63) is 0 Å².